The maximum absolute atomic E-state index is 13.1. The van der Waals surface area contributed by atoms with Crippen molar-refractivity contribution < 1.29 is 22.4 Å². The monoisotopic (exact) mass is 374 g/mol. The molecule has 10 heteroatoms. The molecule has 0 radical (unpaired) electrons. The quantitative estimate of drug-likeness (QED) is 0.788. The molecule has 2 aromatic rings. The Balaban J connectivity index is 1.73. The van der Waals surface area contributed by atoms with E-state index in [4.69, 9.17) is 0 Å². The first-order chi connectivity index (χ1) is 11.8. The number of anilines is 1. The number of nitrogens with one attached hydrogen (secondary N) is 2. The van der Waals surface area contributed by atoms with Gasteiger partial charge in [0, 0.05) is 0 Å². The van der Waals surface area contributed by atoms with Crippen molar-refractivity contribution >= 4 is 22.5 Å². The fraction of sp³-hybridized carbons (Fsp3) is 0.400. The first-order valence-corrected chi connectivity index (χ1v) is 8.36. The van der Waals surface area contributed by atoms with Crippen LogP contribution in [0.2, 0.25) is 0 Å². The summed E-state index contributed by atoms with van der Waals surface area (Å²) < 4.78 is 50.7. The summed E-state index contributed by atoms with van der Waals surface area (Å²) in [5.41, 5.74) is 0.0878. The van der Waals surface area contributed by atoms with Gasteiger partial charge < -0.3 is 5.32 Å². The van der Waals surface area contributed by atoms with Crippen LogP contribution in [0.1, 0.15) is 36.3 Å². The Hall–Kier alpha value is -2.23. The Bertz CT molecular complexity index is 754. The van der Waals surface area contributed by atoms with Gasteiger partial charge in [-0.25, -0.2) is 9.18 Å². The highest BCUT2D eigenvalue weighted by atomic mass is 32.1. The SMILES string of the molecule is O=C(Nc1nnc(C(F)(F)F)s1)NC1(c2ccc(F)cc2)CCCC1. The standard InChI is InChI=1S/C15H14F4N4OS/c16-10-5-3-9(4-6-10)14(7-1-2-8-14)21-12(24)20-13-23-22-11(25-13)15(17,18)19/h3-6H,1-2,7-8H2,(H2,20,21,23,24). The summed E-state index contributed by atoms with van der Waals surface area (Å²) in [5.74, 6) is -0.380. The number of aromatic nitrogens is 2. The summed E-state index contributed by atoms with van der Waals surface area (Å²) in [6.45, 7) is 0. The maximum Gasteiger partial charge on any atom is 0.445 e. The summed E-state index contributed by atoms with van der Waals surface area (Å²) in [7, 11) is 0. The number of alkyl halides is 3. The second-order valence-electron chi connectivity index (χ2n) is 5.79. The van der Waals surface area contributed by atoms with Gasteiger partial charge in [-0.05, 0) is 30.5 Å². The van der Waals surface area contributed by atoms with Crippen molar-refractivity contribution in [1.82, 2.24) is 15.5 Å². The molecule has 5 nitrogen and oxygen atoms in total. The minimum Gasteiger partial charge on any atom is -0.328 e. The van der Waals surface area contributed by atoms with Gasteiger partial charge in [-0.3, -0.25) is 5.32 Å². The van der Waals surface area contributed by atoms with Gasteiger partial charge in [-0.15, -0.1) is 10.2 Å². The van der Waals surface area contributed by atoms with Crippen molar-refractivity contribution in [2.45, 2.75) is 37.4 Å². The van der Waals surface area contributed by atoms with E-state index in [9.17, 15) is 22.4 Å². The zero-order valence-electron chi connectivity index (χ0n) is 12.9. The van der Waals surface area contributed by atoms with Crippen LogP contribution in [0.3, 0.4) is 0 Å². The number of urea groups is 1. The van der Waals surface area contributed by atoms with Crippen molar-refractivity contribution in [3.63, 3.8) is 0 Å². The largest absolute Gasteiger partial charge is 0.445 e. The van der Waals surface area contributed by atoms with Gasteiger partial charge in [0.15, 0.2) is 0 Å². The van der Waals surface area contributed by atoms with Gasteiger partial charge in [0.2, 0.25) is 10.1 Å². The van der Waals surface area contributed by atoms with Gasteiger partial charge in [0.1, 0.15) is 5.82 Å². The number of nitrogens with zero attached hydrogens (tertiary/aromatic N) is 2. The molecule has 1 aliphatic carbocycles. The number of hydrogen-bond acceptors (Lipinski definition) is 4. The lowest BCUT2D eigenvalue weighted by Gasteiger charge is -2.30. The van der Waals surface area contributed by atoms with Gasteiger partial charge >= 0.3 is 12.2 Å². The normalized spacial score (nSPS) is 16.6. The van der Waals surface area contributed by atoms with Crippen LogP contribution in [-0.4, -0.2) is 16.2 Å². The first-order valence-electron chi connectivity index (χ1n) is 7.54. The van der Waals surface area contributed by atoms with Gasteiger partial charge in [-0.2, -0.15) is 13.2 Å². The van der Waals surface area contributed by atoms with E-state index in [1.165, 1.54) is 12.1 Å². The van der Waals surface area contributed by atoms with E-state index >= 15 is 0 Å². The summed E-state index contributed by atoms with van der Waals surface area (Å²) in [6, 6.07) is 5.17. The fourth-order valence-electron chi connectivity index (χ4n) is 2.97. The zero-order chi connectivity index (χ0) is 18.1. The lowest BCUT2D eigenvalue weighted by Crippen LogP contribution is -2.45. The molecule has 0 saturated heterocycles. The third kappa shape index (κ3) is 3.89. The molecule has 2 amide bonds. The molecule has 1 heterocycles. The molecular formula is C15H14F4N4OS. The number of hydrogen-bond donors (Lipinski definition) is 2. The van der Waals surface area contributed by atoms with Crippen LogP contribution < -0.4 is 10.6 Å². The van der Waals surface area contributed by atoms with Gasteiger partial charge in [0.05, 0.1) is 5.54 Å². The molecular weight excluding hydrogens is 360 g/mol. The summed E-state index contributed by atoms with van der Waals surface area (Å²) in [6.07, 6.45) is -1.51. The molecule has 2 N–H and O–H groups in total. The Labute approximate surface area is 144 Å². The van der Waals surface area contributed by atoms with Crippen LogP contribution in [0.15, 0.2) is 24.3 Å². The van der Waals surface area contributed by atoms with E-state index < -0.39 is 22.8 Å². The van der Waals surface area contributed by atoms with Crippen LogP contribution in [0.4, 0.5) is 27.5 Å². The molecule has 1 aromatic heterocycles. The van der Waals surface area contributed by atoms with E-state index in [-0.39, 0.29) is 22.3 Å². The molecule has 1 saturated carbocycles. The molecule has 3 rings (SSSR count). The smallest absolute Gasteiger partial charge is 0.328 e. The lowest BCUT2D eigenvalue weighted by molar-refractivity contribution is -0.138. The molecule has 1 fully saturated rings. The Morgan fingerprint density at radius 1 is 1.12 bits per heavy atom. The van der Waals surface area contributed by atoms with Crippen molar-refractivity contribution in [3.8, 4) is 0 Å². The van der Waals surface area contributed by atoms with Crippen LogP contribution >= 0.6 is 11.3 Å². The van der Waals surface area contributed by atoms with Crippen LogP contribution in [0.5, 0.6) is 0 Å². The number of halogens is 4. The predicted octanol–water partition coefficient (Wildman–Crippen LogP) is 4.29. The number of carbonyl (C=O) groups excluding carboxylic acids is 1. The minimum atomic E-state index is -4.60. The highest BCUT2D eigenvalue weighted by molar-refractivity contribution is 7.15. The van der Waals surface area contributed by atoms with E-state index in [1.807, 2.05) is 0 Å². The number of benzene rings is 1. The average molecular weight is 374 g/mol. The number of rotatable bonds is 3. The zero-order valence-corrected chi connectivity index (χ0v) is 13.7. The highest BCUT2D eigenvalue weighted by Gasteiger charge is 2.38. The number of amides is 2. The molecule has 1 aliphatic rings. The molecule has 0 spiro atoms. The van der Waals surface area contributed by atoms with Crippen molar-refractivity contribution in [2.24, 2.45) is 0 Å². The highest BCUT2D eigenvalue weighted by Crippen LogP contribution is 2.39. The maximum atomic E-state index is 13.1. The lowest BCUT2D eigenvalue weighted by atomic mass is 9.88. The third-order valence-corrected chi connectivity index (χ3v) is 4.98. The molecule has 134 valence electrons. The molecule has 1 aromatic carbocycles. The second kappa shape index (κ2) is 6.58. The summed E-state index contributed by atoms with van der Waals surface area (Å²) in [4.78, 5) is 12.2. The van der Waals surface area contributed by atoms with E-state index in [0.29, 0.717) is 12.8 Å². The van der Waals surface area contributed by atoms with Crippen LogP contribution in [-0.2, 0) is 11.7 Å². The predicted molar refractivity (Wildman–Crippen MR) is 83.6 cm³/mol. The van der Waals surface area contributed by atoms with Crippen LogP contribution in [0.25, 0.3) is 0 Å². The molecule has 0 bridgehead atoms. The van der Waals surface area contributed by atoms with E-state index in [0.717, 1.165) is 18.4 Å². The Morgan fingerprint density at radius 2 is 1.76 bits per heavy atom. The van der Waals surface area contributed by atoms with Crippen LogP contribution in [0, 0.1) is 5.82 Å². The van der Waals surface area contributed by atoms with Crippen molar-refractivity contribution in [2.75, 3.05) is 5.32 Å². The van der Waals surface area contributed by atoms with Gasteiger partial charge in [0.25, 0.3) is 0 Å². The topological polar surface area (TPSA) is 66.9 Å². The summed E-state index contributed by atoms with van der Waals surface area (Å²) >= 11 is 0.254. The average Bonchev–Trinajstić information content (AvgIpc) is 3.17. The molecule has 0 unspecified atom stereocenters. The Morgan fingerprint density at radius 3 is 2.32 bits per heavy atom. The number of carbonyl (C=O) groups is 1. The van der Waals surface area contributed by atoms with Crippen molar-refractivity contribution in [3.05, 3.63) is 40.7 Å². The second-order valence-corrected chi connectivity index (χ2v) is 6.76. The molecule has 0 atom stereocenters. The van der Waals surface area contributed by atoms with Gasteiger partial charge in [-0.1, -0.05) is 36.3 Å². The third-order valence-electron chi connectivity index (χ3n) is 4.09. The molecule has 25 heavy (non-hydrogen) atoms. The Kier molecular flexibility index (Phi) is 4.63. The van der Waals surface area contributed by atoms with E-state index in [1.54, 1.807) is 12.1 Å². The molecule has 0 aliphatic heterocycles. The van der Waals surface area contributed by atoms with Crippen molar-refractivity contribution in [1.29, 1.82) is 0 Å². The summed E-state index contributed by atoms with van der Waals surface area (Å²) in [5, 5.41) is 10.1. The first kappa shape index (κ1) is 17.6. The minimum absolute atomic E-state index is 0.239. The van der Waals surface area contributed by atoms with E-state index in [2.05, 4.69) is 20.8 Å². The fourth-order valence-corrected chi connectivity index (χ4v) is 3.57.